The summed E-state index contributed by atoms with van der Waals surface area (Å²) in [6.07, 6.45) is 2.39. The van der Waals surface area contributed by atoms with E-state index >= 15 is 0 Å². The Morgan fingerprint density at radius 2 is 2.15 bits per heavy atom. The van der Waals surface area contributed by atoms with Gasteiger partial charge >= 0.3 is 0 Å². The fourth-order valence-electron chi connectivity index (χ4n) is 1.69. The van der Waals surface area contributed by atoms with Crippen molar-refractivity contribution in [1.82, 2.24) is 4.98 Å². The first kappa shape index (κ1) is 15.5. The van der Waals surface area contributed by atoms with Gasteiger partial charge in [0.1, 0.15) is 0 Å². The Bertz CT molecular complexity index is 588. The molecule has 0 aliphatic carbocycles. The Hall–Kier alpha value is -0.910. The lowest BCUT2D eigenvalue weighted by Gasteiger charge is -2.01. The number of thiazole rings is 1. The summed E-state index contributed by atoms with van der Waals surface area (Å²) in [6.45, 7) is 0. The second-order valence-corrected chi connectivity index (χ2v) is 6.27. The van der Waals surface area contributed by atoms with Crippen molar-refractivity contribution in [3.63, 3.8) is 0 Å². The van der Waals surface area contributed by atoms with Crippen LogP contribution in [0.1, 0.15) is 19.3 Å². The number of unbranched alkanes of at least 4 members (excludes halogenated alkanes) is 1. The van der Waals surface area contributed by atoms with Gasteiger partial charge in [-0.3, -0.25) is 4.79 Å². The molecule has 1 aromatic heterocycles. The zero-order valence-corrected chi connectivity index (χ0v) is 13.9. The first-order valence-electron chi connectivity index (χ1n) is 6.27. The maximum atomic E-state index is 11.7. The highest BCUT2D eigenvalue weighted by molar-refractivity contribution is 9.09. The molecule has 1 heterocycles. The molecule has 1 amide bonds. The molecule has 20 heavy (non-hydrogen) atoms. The Morgan fingerprint density at radius 1 is 1.35 bits per heavy atom. The van der Waals surface area contributed by atoms with E-state index in [0.29, 0.717) is 16.6 Å². The topological polar surface area (TPSA) is 42.0 Å². The SMILES string of the molecule is O=C(CCCCBr)Nc1nc(-c2ccccc2Cl)cs1. The molecule has 0 saturated heterocycles. The van der Waals surface area contributed by atoms with Gasteiger partial charge in [0.25, 0.3) is 0 Å². The molecule has 2 rings (SSSR count). The van der Waals surface area contributed by atoms with Gasteiger partial charge < -0.3 is 5.32 Å². The number of carbonyl (C=O) groups excluding carboxylic acids is 1. The van der Waals surface area contributed by atoms with Crippen LogP contribution >= 0.6 is 38.9 Å². The monoisotopic (exact) mass is 372 g/mol. The predicted octanol–water partition coefficient (Wildman–Crippen LogP) is 4.97. The Morgan fingerprint density at radius 3 is 2.90 bits per heavy atom. The number of nitrogens with zero attached hydrogens (tertiary/aromatic N) is 1. The molecule has 1 aromatic carbocycles. The first-order chi connectivity index (χ1) is 9.70. The van der Waals surface area contributed by atoms with Crippen molar-refractivity contribution >= 4 is 49.9 Å². The van der Waals surface area contributed by atoms with Gasteiger partial charge in [-0.05, 0) is 18.9 Å². The van der Waals surface area contributed by atoms with Crippen LogP contribution in [-0.2, 0) is 4.79 Å². The minimum absolute atomic E-state index is 0.00556. The second-order valence-electron chi connectivity index (χ2n) is 4.21. The van der Waals surface area contributed by atoms with Crippen LogP contribution in [0.2, 0.25) is 5.02 Å². The number of carbonyl (C=O) groups is 1. The summed E-state index contributed by atoms with van der Waals surface area (Å²) in [5.74, 6) is 0.00556. The molecule has 0 aliphatic rings. The fraction of sp³-hybridized carbons (Fsp3) is 0.286. The largest absolute Gasteiger partial charge is 0.302 e. The average Bonchev–Trinajstić information content (AvgIpc) is 2.88. The van der Waals surface area contributed by atoms with Crippen LogP contribution in [0.5, 0.6) is 0 Å². The molecule has 0 radical (unpaired) electrons. The van der Waals surface area contributed by atoms with E-state index in [2.05, 4.69) is 26.2 Å². The van der Waals surface area contributed by atoms with Gasteiger partial charge in [0, 0.05) is 27.7 Å². The average molecular weight is 374 g/mol. The van der Waals surface area contributed by atoms with Gasteiger partial charge in [-0.2, -0.15) is 0 Å². The Labute approximate surface area is 135 Å². The highest BCUT2D eigenvalue weighted by Crippen LogP contribution is 2.30. The summed E-state index contributed by atoms with van der Waals surface area (Å²) in [5.41, 5.74) is 1.67. The molecular weight excluding hydrogens is 360 g/mol. The van der Waals surface area contributed by atoms with E-state index in [1.165, 1.54) is 11.3 Å². The highest BCUT2D eigenvalue weighted by Gasteiger charge is 2.09. The number of hydrogen-bond donors (Lipinski definition) is 1. The molecular formula is C14H14BrClN2OS. The third kappa shape index (κ3) is 4.30. The van der Waals surface area contributed by atoms with Crippen LogP contribution in [0.3, 0.4) is 0 Å². The van der Waals surface area contributed by atoms with Gasteiger partial charge in [0.15, 0.2) is 5.13 Å². The van der Waals surface area contributed by atoms with Gasteiger partial charge in [0.05, 0.1) is 5.69 Å². The van der Waals surface area contributed by atoms with Crippen molar-refractivity contribution in [3.8, 4) is 11.3 Å². The van der Waals surface area contributed by atoms with E-state index in [4.69, 9.17) is 11.6 Å². The van der Waals surface area contributed by atoms with Crippen LogP contribution in [0.4, 0.5) is 5.13 Å². The molecule has 106 valence electrons. The molecule has 0 unspecified atom stereocenters. The third-order valence-corrected chi connectivity index (χ3v) is 4.34. The number of aromatic nitrogens is 1. The van der Waals surface area contributed by atoms with Crippen LogP contribution in [0.15, 0.2) is 29.6 Å². The normalized spacial score (nSPS) is 10.5. The van der Waals surface area contributed by atoms with E-state index < -0.39 is 0 Å². The van der Waals surface area contributed by atoms with E-state index in [1.807, 2.05) is 29.6 Å². The molecule has 1 N–H and O–H groups in total. The number of anilines is 1. The number of hydrogen-bond acceptors (Lipinski definition) is 3. The van der Waals surface area contributed by atoms with Gasteiger partial charge in [-0.1, -0.05) is 45.7 Å². The number of nitrogens with one attached hydrogen (secondary N) is 1. The Kier molecular flexibility index (Phi) is 6.01. The van der Waals surface area contributed by atoms with E-state index in [0.717, 1.165) is 29.4 Å². The van der Waals surface area contributed by atoms with Gasteiger partial charge in [-0.15, -0.1) is 11.3 Å². The van der Waals surface area contributed by atoms with Crippen molar-refractivity contribution in [2.75, 3.05) is 10.6 Å². The molecule has 2 aromatic rings. The minimum atomic E-state index is 0.00556. The molecule has 3 nitrogen and oxygen atoms in total. The molecule has 0 fully saturated rings. The van der Waals surface area contributed by atoms with Gasteiger partial charge in [0.2, 0.25) is 5.91 Å². The molecule has 0 aliphatic heterocycles. The Balaban J connectivity index is 1.99. The number of rotatable bonds is 6. The van der Waals surface area contributed by atoms with E-state index in [9.17, 15) is 4.79 Å². The van der Waals surface area contributed by atoms with Crippen molar-refractivity contribution < 1.29 is 4.79 Å². The lowest BCUT2D eigenvalue weighted by atomic mass is 10.2. The maximum absolute atomic E-state index is 11.7. The first-order valence-corrected chi connectivity index (χ1v) is 8.65. The molecule has 0 bridgehead atoms. The molecule has 0 atom stereocenters. The zero-order valence-electron chi connectivity index (χ0n) is 10.7. The summed E-state index contributed by atoms with van der Waals surface area (Å²) in [6, 6.07) is 7.54. The standard InChI is InChI=1S/C14H14BrClN2OS/c15-8-4-3-7-13(19)18-14-17-12(9-20-14)10-5-1-2-6-11(10)16/h1-2,5-6,9H,3-4,7-8H2,(H,17,18,19). The van der Waals surface area contributed by atoms with Crippen LogP contribution < -0.4 is 5.32 Å². The fourth-order valence-corrected chi connectivity index (χ4v) is 3.04. The second kappa shape index (κ2) is 7.76. The smallest absolute Gasteiger partial charge is 0.226 e. The molecule has 6 heteroatoms. The van der Waals surface area contributed by atoms with E-state index in [-0.39, 0.29) is 5.91 Å². The highest BCUT2D eigenvalue weighted by atomic mass is 79.9. The number of alkyl halides is 1. The molecule has 0 spiro atoms. The van der Waals surface area contributed by atoms with E-state index in [1.54, 1.807) is 0 Å². The quantitative estimate of drug-likeness (QED) is 0.574. The summed E-state index contributed by atoms with van der Waals surface area (Å²) in [5, 5.41) is 6.92. The van der Waals surface area contributed by atoms with Crippen LogP contribution in [-0.4, -0.2) is 16.2 Å². The van der Waals surface area contributed by atoms with Crippen LogP contribution in [0, 0.1) is 0 Å². The molecule has 0 saturated carbocycles. The summed E-state index contributed by atoms with van der Waals surface area (Å²) in [4.78, 5) is 16.1. The van der Waals surface area contributed by atoms with Gasteiger partial charge in [-0.25, -0.2) is 4.98 Å². The lowest BCUT2D eigenvalue weighted by Crippen LogP contribution is -2.10. The minimum Gasteiger partial charge on any atom is -0.302 e. The van der Waals surface area contributed by atoms with Crippen molar-refractivity contribution in [2.24, 2.45) is 0 Å². The van der Waals surface area contributed by atoms with Crippen LogP contribution in [0.25, 0.3) is 11.3 Å². The van der Waals surface area contributed by atoms with Crippen molar-refractivity contribution in [1.29, 1.82) is 0 Å². The zero-order chi connectivity index (χ0) is 14.4. The van der Waals surface area contributed by atoms with Crippen molar-refractivity contribution in [2.45, 2.75) is 19.3 Å². The summed E-state index contributed by atoms with van der Waals surface area (Å²) in [7, 11) is 0. The van der Waals surface area contributed by atoms with Crippen molar-refractivity contribution in [3.05, 3.63) is 34.7 Å². The summed E-state index contributed by atoms with van der Waals surface area (Å²) >= 11 is 10.9. The number of halogens is 2. The summed E-state index contributed by atoms with van der Waals surface area (Å²) < 4.78 is 0. The lowest BCUT2D eigenvalue weighted by molar-refractivity contribution is -0.116. The number of amides is 1. The third-order valence-electron chi connectivity index (χ3n) is 2.69. The maximum Gasteiger partial charge on any atom is 0.226 e. The predicted molar refractivity (Wildman–Crippen MR) is 88.8 cm³/mol. The number of benzene rings is 1.